The average Bonchev–Trinajstić information content (AvgIpc) is 2.43. The fourth-order valence-electron chi connectivity index (χ4n) is 1.49. The second-order valence-electron chi connectivity index (χ2n) is 4.35. The fourth-order valence-corrected chi connectivity index (χ4v) is 1.49. The first-order chi connectivity index (χ1) is 9.41. The Bertz CT molecular complexity index is 300. The van der Waals surface area contributed by atoms with Gasteiger partial charge in [-0.2, -0.15) is 0 Å². The minimum absolute atomic E-state index is 0.991. The molecular formula is C19H29. The van der Waals surface area contributed by atoms with Crippen LogP contribution in [0.5, 0.6) is 0 Å². The molecule has 0 amide bonds. The van der Waals surface area contributed by atoms with Gasteiger partial charge in [-0.3, -0.25) is 0 Å². The number of allylic oxidation sites excluding steroid dienone is 10. The summed E-state index contributed by atoms with van der Waals surface area (Å²) >= 11 is 0. The molecule has 0 aromatic heterocycles. The molecule has 0 N–H and O–H groups in total. The van der Waals surface area contributed by atoms with Crippen molar-refractivity contribution in [2.75, 3.05) is 0 Å². The maximum absolute atomic E-state index is 3.80. The molecule has 0 aliphatic rings. The third-order valence-electron chi connectivity index (χ3n) is 2.53. The molecule has 0 saturated carbocycles. The highest BCUT2D eigenvalue weighted by molar-refractivity contribution is 5.00. The number of hydrogen-bond donors (Lipinski definition) is 0. The molecule has 0 atom stereocenters. The standard InChI is InChI=1S/C19H29/c1-3-5-7-9-11-13-15-17-19-18-16-14-12-10-8-6-4-2/h6-9,12-15,18-19H,1,3-5,10-11,16-17H2,2H3. The number of unbranched alkanes of at least 4 members (excludes halogenated alkanes) is 1. The van der Waals surface area contributed by atoms with Crippen LogP contribution in [0.1, 0.15) is 51.9 Å². The molecule has 0 fully saturated rings. The third-order valence-corrected chi connectivity index (χ3v) is 2.53. The Morgan fingerprint density at radius 1 is 0.579 bits per heavy atom. The Balaban J connectivity index is 3.43. The van der Waals surface area contributed by atoms with Gasteiger partial charge in [-0.15, -0.1) is 0 Å². The quantitative estimate of drug-likeness (QED) is 0.378. The zero-order valence-corrected chi connectivity index (χ0v) is 12.4. The van der Waals surface area contributed by atoms with E-state index in [9.17, 15) is 0 Å². The highest BCUT2D eigenvalue weighted by Gasteiger charge is 1.75. The van der Waals surface area contributed by atoms with Crippen LogP contribution in [0.4, 0.5) is 0 Å². The van der Waals surface area contributed by atoms with Crippen molar-refractivity contribution in [3.05, 3.63) is 67.7 Å². The van der Waals surface area contributed by atoms with Crippen LogP contribution in [0.15, 0.2) is 60.8 Å². The van der Waals surface area contributed by atoms with E-state index in [1.165, 1.54) is 0 Å². The van der Waals surface area contributed by atoms with E-state index in [4.69, 9.17) is 0 Å². The molecule has 19 heavy (non-hydrogen) atoms. The van der Waals surface area contributed by atoms with Gasteiger partial charge in [0.1, 0.15) is 0 Å². The number of rotatable bonds is 11. The van der Waals surface area contributed by atoms with E-state index in [1.54, 1.807) is 0 Å². The molecule has 105 valence electrons. The molecule has 0 unspecified atom stereocenters. The summed E-state index contributed by atoms with van der Waals surface area (Å²) in [5, 5.41) is 0. The highest BCUT2D eigenvalue weighted by Crippen LogP contribution is 1.96. The molecule has 0 aromatic carbocycles. The summed E-state index contributed by atoms with van der Waals surface area (Å²) in [5.74, 6) is 0. The molecule has 0 aliphatic carbocycles. The predicted octanol–water partition coefficient (Wildman–Crippen LogP) is 6.35. The van der Waals surface area contributed by atoms with Gasteiger partial charge in [0, 0.05) is 0 Å². The first-order valence-electron chi connectivity index (χ1n) is 7.46. The molecule has 0 heteroatoms. The van der Waals surface area contributed by atoms with Gasteiger partial charge >= 0.3 is 0 Å². The van der Waals surface area contributed by atoms with Crippen molar-refractivity contribution in [3.8, 4) is 0 Å². The molecule has 0 rings (SSSR count). The summed E-state index contributed by atoms with van der Waals surface area (Å²) in [6.07, 6.45) is 29.5. The Kier molecular flexibility index (Phi) is 15.6. The van der Waals surface area contributed by atoms with Crippen LogP contribution in [0.2, 0.25) is 0 Å². The summed E-state index contributed by atoms with van der Waals surface area (Å²) in [6, 6.07) is 0. The smallest absolute Gasteiger partial charge is 0.0169 e. The Labute approximate surface area is 120 Å². The molecule has 0 spiro atoms. The van der Waals surface area contributed by atoms with E-state index in [2.05, 4.69) is 74.6 Å². The summed E-state index contributed by atoms with van der Waals surface area (Å²) < 4.78 is 0. The molecule has 0 aromatic rings. The van der Waals surface area contributed by atoms with Crippen molar-refractivity contribution in [1.82, 2.24) is 0 Å². The van der Waals surface area contributed by atoms with Gasteiger partial charge in [-0.05, 0) is 44.9 Å². The lowest BCUT2D eigenvalue weighted by Gasteiger charge is -1.85. The lowest BCUT2D eigenvalue weighted by molar-refractivity contribution is 1.04. The summed E-state index contributed by atoms with van der Waals surface area (Å²) in [4.78, 5) is 0. The second kappa shape index (κ2) is 16.7. The average molecular weight is 257 g/mol. The third kappa shape index (κ3) is 16.7. The van der Waals surface area contributed by atoms with Crippen molar-refractivity contribution >= 4 is 0 Å². The van der Waals surface area contributed by atoms with Gasteiger partial charge < -0.3 is 0 Å². The summed E-state index contributed by atoms with van der Waals surface area (Å²) in [5.41, 5.74) is 0. The second-order valence-corrected chi connectivity index (χ2v) is 4.35. The van der Waals surface area contributed by atoms with E-state index >= 15 is 0 Å². The van der Waals surface area contributed by atoms with E-state index < -0.39 is 0 Å². The van der Waals surface area contributed by atoms with Gasteiger partial charge in [0.15, 0.2) is 0 Å². The fraction of sp³-hybridized carbons (Fsp3) is 0.421. The molecule has 1 radical (unpaired) electrons. The van der Waals surface area contributed by atoms with Crippen LogP contribution < -0.4 is 0 Å². The van der Waals surface area contributed by atoms with Gasteiger partial charge in [0.05, 0.1) is 0 Å². The van der Waals surface area contributed by atoms with Crippen LogP contribution in [-0.2, 0) is 0 Å². The van der Waals surface area contributed by atoms with Crippen LogP contribution in [-0.4, -0.2) is 0 Å². The Morgan fingerprint density at radius 2 is 0.947 bits per heavy atom. The Morgan fingerprint density at radius 3 is 1.32 bits per heavy atom. The predicted molar refractivity (Wildman–Crippen MR) is 89.1 cm³/mol. The van der Waals surface area contributed by atoms with E-state index in [0.717, 1.165) is 44.9 Å². The minimum Gasteiger partial charge on any atom is -0.0885 e. The zero-order valence-electron chi connectivity index (χ0n) is 12.4. The first-order valence-corrected chi connectivity index (χ1v) is 7.46. The van der Waals surface area contributed by atoms with Crippen LogP contribution in [0.3, 0.4) is 0 Å². The first kappa shape index (κ1) is 17.7. The van der Waals surface area contributed by atoms with E-state index in [1.807, 2.05) is 0 Å². The monoisotopic (exact) mass is 257 g/mol. The normalized spacial score (nSPS) is 13.2. The van der Waals surface area contributed by atoms with Crippen LogP contribution in [0.25, 0.3) is 0 Å². The van der Waals surface area contributed by atoms with E-state index in [-0.39, 0.29) is 0 Å². The van der Waals surface area contributed by atoms with Gasteiger partial charge in [0.25, 0.3) is 0 Å². The van der Waals surface area contributed by atoms with Gasteiger partial charge in [-0.25, -0.2) is 0 Å². The van der Waals surface area contributed by atoms with Crippen LogP contribution >= 0.6 is 0 Å². The van der Waals surface area contributed by atoms with Crippen LogP contribution in [0, 0.1) is 6.92 Å². The van der Waals surface area contributed by atoms with Gasteiger partial charge in [0.2, 0.25) is 0 Å². The summed E-state index contributed by atoms with van der Waals surface area (Å²) in [6.45, 7) is 5.96. The molecule has 0 bridgehead atoms. The van der Waals surface area contributed by atoms with Crippen molar-refractivity contribution < 1.29 is 0 Å². The largest absolute Gasteiger partial charge is 0.0885 e. The summed E-state index contributed by atoms with van der Waals surface area (Å²) in [7, 11) is 0. The van der Waals surface area contributed by atoms with Crippen molar-refractivity contribution in [3.63, 3.8) is 0 Å². The van der Waals surface area contributed by atoms with Gasteiger partial charge in [-0.1, -0.05) is 74.6 Å². The molecular weight excluding hydrogens is 228 g/mol. The van der Waals surface area contributed by atoms with Crippen molar-refractivity contribution in [2.45, 2.75) is 51.9 Å². The molecule has 0 heterocycles. The zero-order chi connectivity index (χ0) is 14.0. The maximum Gasteiger partial charge on any atom is -0.0169 e. The Hall–Kier alpha value is -1.30. The van der Waals surface area contributed by atoms with Crippen molar-refractivity contribution in [2.24, 2.45) is 0 Å². The lowest BCUT2D eigenvalue weighted by atomic mass is 10.2. The van der Waals surface area contributed by atoms with Crippen molar-refractivity contribution in [1.29, 1.82) is 0 Å². The lowest BCUT2D eigenvalue weighted by Crippen LogP contribution is -1.65. The molecule has 0 nitrogen and oxygen atoms in total. The topological polar surface area (TPSA) is 0 Å². The minimum atomic E-state index is 0.991. The maximum atomic E-state index is 3.80. The molecule has 0 saturated heterocycles. The SMILES string of the molecule is [CH2]CCC=CCC=CCC=CCC=CCC=CCC. The highest BCUT2D eigenvalue weighted by atomic mass is 13.8. The van der Waals surface area contributed by atoms with E-state index in [0.29, 0.717) is 0 Å². The number of hydrogen-bond acceptors (Lipinski definition) is 0. The molecule has 0 aliphatic heterocycles.